The first-order valence-corrected chi connectivity index (χ1v) is 10.6. The molecule has 0 amide bonds. The predicted octanol–water partition coefficient (Wildman–Crippen LogP) is -1.16. The maximum Gasteiger partial charge on any atom is 0.405 e. The van der Waals surface area contributed by atoms with Crippen LogP contribution in [0.25, 0.3) is 11.2 Å². The highest BCUT2D eigenvalue weighted by molar-refractivity contribution is 7.50. The summed E-state index contributed by atoms with van der Waals surface area (Å²) >= 11 is 6.08. The van der Waals surface area contributed by atoms with Crippen LogP contribution in [0.1, 0.15) is 6.23 Å². The van der Waals surface area contributed by atoms with Gasteiger partial charge in [-0.05, 0) is 11.6 Å². The molecule has 2 aromatic rings. The van der Waals surface area contributed by atoms with E-state index in [4.69, 9.17) is 25.6 Å². The molecule has 1 unspecified atom stereocenters. The number of aliphatic hydroxyl groups excluding tert-OH is 2. The van der Waals surface area contributed by atoms with Crippen molar-refractivity contribution in [2.45, 2.75) is 24.5 Å². The van der Waals surface area contributed by atoms with Crippen molar-refractivity contribution in [3.63, 3.8) is 0 Å². The molecule has 160 valence electrons. The van der Waals surface area contributed by atoms with Gasteiger partial charge in [0.2, 0.25) is 5.28 Å². The van der Waals surface area contributed by atoms with Gasteiger partial charge < -0.3 is 29.6 Å². The van der Waals surface area contributed by atoms with Crippen molar-refractivity contribution in [2.24, 2.45) is 0 Å². The van der Waals surface area contributed by atoms with Crippen molar-refractivity contribution in [1.29, 1.82) is 0 Å². The van der Waals surface area contributed by atoms with Gasteiger partial charge in [0, 0.05) is 13.1 Å². The Bertz CT molecular complexity index is 994. The molecule has 0 saturated carbocycles. The number of nitrogens with one attached hydrogen (secondary N) is 1. The molecule has 4 N–H and O–H groups in total. The molecule has 15 heteroatoms. The van der Waals surface area contributed by atoms with Gasteiger partial charge >= 0.3 is 7.75 Å². The lowest BCUT2D eigenvalue weighted by Gasteiger charge is -2.30. The highest BCUT2D eigenvalue weighted by Gasteiger charge is 2.46. The molecule has 0 spiro atoms. The number of halogens is 1. The van der Waals surface area contributed by atoms with Crippen LogP contribution in [0.15, 0.2) is 11.1 Å². The van der Waals surface area contributed by atoms with E-state index in [-0.39, 0.29) is 29.5 Å². The summed E-state index contributed by atoms with van der Waals surface area (Å²) in [7, 11) is -4.12. The second-order valence-electron chi connectivity index (χ2n) is 6.55. The number of hydrogen-bond donors (Lipinski definition) is 4. The quantitative estimate of drug-likeness (QED) is 0.319. The van der Waals surface area contributed by atoms with Crippen molar-refractivity contribution < 1.29 is 33.7 Å². The molecule has 4 rings (SSSR count). The Morgan fingerprint density at radius 2 is 2.07 bits per heavy atom. The first kappa shape index (κ1) is 20.8. The molecular formula is C14H19ClN5O8P. The third-order valence-corrected chi connectivity index (χ3v) is 6.65. The van der Waals surface area contributed by atoms with Crippen molar-refractivity contribution in [2.75, 3.05) is 32.9 Å². The molecule has 0 aliphatic carbocycles. The van der Waals surface area contributed by atoms with Gasteiger partial charge in [-0.3, -0.25) is 13.9 Å². The van der Waals surface area contributed by atoms with Gasteiger partial charge in [0.05, 0.1) is 26.1 Å². The summed E-state index contributed by atoms with van der Waals surface area (Å²) in [6.45, 7) is 0.594. The molecule has 2 fully saturated rings. The van der Waals surface area contributed by atoms with E-state index >= 15 is 0 Å². The minimum atomic E-state index is -4.12. The Morgan fingerprint density at radius 1 is 1.34 bits per heavy atom. The average molecular weight is 452 g/mol. The van der Waals surface area contributed by atoms with Crippen LogP contribution in [0.4, 0.5) is 0 Å². The van der Waals surface area contributed by atoms with Crippen molar-refractivity contribution in [1.82, 2.24) is 24.2 Å². The smallest absolute Gasteiger partial charge is 0.387 e. The van der Waals surface area contributed by atoms with Gasteiger partial charge in [-0.15, -0.1) is 0 Å². The number of nitrogens with zero attached hydrogens (tertiary/aromatic N) is 4. The van der Waals surface area contributed by atoms with Crippen LogP contribution < -0.4 is 5.56 Å². The molecule has 2 saturated heterocycles. The van der Waals surface area contributed by atoms with Gasteiger partial charge in [0.1, 0.15) is 18.3 Å². The molecule has 0 bridgehead atoms. The molecule has 2 aliphatic rings. The largest absolute Gasteiger partial charge is 0.405 e. The van der Waals surface area contributed by atoms with E-state index < -0.39 is 44.5 Å². The van der Waals surface area contributed by atoms with Gasteiger partial charge in [-0.1, -0.05) is 0 Å². The molecule has 2 aromatic heterocycles. The highest BCUT2D eigenvalue weighted by atomic mass is 35.5. The topological polar surface area (TPSA) is 172 Å². The van der Waals surface area contributed by atoms with Crippen LogP contribution in [0.3, 0.4) is 0 Å². The first-order valence-electron chi connectivity index (χ1n) is 8.73. The fourth-order valence-electron chi connectivity index (χ4n) is 3.26. The number of fused-ring (bicyclic) bond motifs is 1. The summed E-state index contributed by atoms with van der Waals surface area (Å²) < 4.78 is 30.7. The first-order chi connectivity index (χ1) is 13.8. The van der Waals surface area contributed by atoms with Crippen LogP contribution in [0.2, 0.25) is 5.28 Å². The summed E-state index contributed by atoms with van der Waals surface area (Å²) in [6.07, 6.45) is -4.14. The van der Waals surface area contributed by atoms with E-state index in [1.807, 2.05) is 0 Å². The van der Waals surface area contributed by atoms with E-state index in [0.717, 1.165) is 6.33 Å². The van der Waals surface area contributed by atoms with Gasteiger partial charge in [0.15, 0.2) is 17.4 Å². The summed E-state index contributed by atoms with van der Waals surface area (Å²) in [5.74, 6) is 0. The maximum absolute atomic E-state index is 12.4. The number of morpholine rings is 1. The summed E-state index contributed by atoms with van der Waals surface area (Å²) in [6, 6.07) is 0. The number of aliphatic hydroxyl groups is 2. The third kappa shape index (κ3) is 3.85. The molecule has 5 atom stereocenters. The zero-order valence-corrected chi connectivity index (χ0v) is 16.6. The van der Waals surface area contributed by atoms with E-state index in [1.54, 1.807) is 0 Å². The zero-order valence-electron chi connectivity index (χ0n) is 14.9. The number of aromatic nitrogens is 4. The molecule has 0 radical (unpaired) electrons. The van der Waals surface area contributed by atoms with E-state index in [0.29, 0.717) is 13.2 Å². The fourth-order valence-corrected chi connectivity index (χ4v) is 4.69. The Balaban J connectivity index is 1.51. The number of H-pyrrole nitrogens is 1. The zero-order chi connectivity index (χ0) is 20.8. The van der Waals surface area contributed by atoms with Crippen LogP contribution in [0.5, 0.6) is 0 Å². The second-order valence-corrected chi connectivity index (χ2v) is 8.70. The SMILES string of the molecule is O=c1[nH]cnc2c1nc(Cl)n2[C@@H]1O[C@H](COP(=O)(O)N2CCOCC2)[C@@H](O)[C@H]1O. The molecule has 29 heavy (non-hydrogen) atoms. The lowest BCUT2D eigenvalue weighted by Crippen LogP contribution is -2.36. The fraction of sp³-hybridized carbons (Fsp3) is 0.643. The lowest BCUT2D eigenvalue weighted by atomic mass is 10.1. The molecule has 0 aromatic carbocycles. The summed E-state index contributed by atoms with van der Waals surface area (Å²) in [4.78, 5) is 32.2. The highest BCUT2D eigenvalue weighted by Crippen LogP contribution is 2.47. The van der Waals surface area contributed by atoms with E-state index in [1.165, 1.54) is 9.24 Å². The third-order valence-electron chi connectivity index (χ3n) is 4.78. The van der Waals surface area contributed by atoms with Crippen LogP contribution in [-0.2, 0) is 18.6 Å². The van der Waals surface area contributed by atoms with Crippen LogP contribution in [-0.4, -0.2) is 90.5 Å². The Labute approximate surface area is 168 Å². The molecule has 13 nitrogen and oxygen atoms in total. The maximum atomic E-state index is 12.4. The molecular weight excluding hydrogens is 433 g/mol. The summed E-state index contributed by atoms with van der Waals surface area (Å²) in [5, 5.41) is 20.6. The Morgan fingerprint density at radius 3 is 2.79 bits per heavy atom. The standard InChI is InChI=1S/C14H19ClN5O8P/c15-14-18-8-11(16-6-17-12(8)23)20(14)13-10(22)9(21)7(28-13)5-27-29(24,25)19-1-3-26-4-2-19/h6-7,9-10,13,21-22H,1-5H2,(H,24,25)(H,16,17,23)/t7-,9-,10-,13-/m1/s1. The Hall–Kier alpha value is -1.41. The normalized spacial score (nSPS) is 30.6. The number of hydrogen-bond acceptors (Lipinski definition) is 9. The van der Waals surface area contributed by atoms with Crippen molar-refractivity contribution in [3.05, 3.63) is 22.0 Å². The van der Waals surface area contributed by atoms with Crippen molar-refractivity contribution >= 4 is 30.5 Å². The Kier molecular flexibility index (Phi) is 5.77. The lowest BCUT2D eigenvalue weighted by molar-refractivity contribution is -0.0506. The monoisotopic (exact) mass is 451 g/mol. The van der Waals surface area contributed by atoms with E-state index in [9.17, 15) is 24.5 Å². The predicted molar refractivity (Wildman–Crippen MR) is 97.3 cm³/mol. The average Bonchev–Trinajstić information content (AvgIpc) is 3.18. The molecule has 2 aliphatic heterocycles. The van der Waals surface area contributed by atoms with Gasteiger partial charge in [0.25, 0.3) is 5.56 Å². The second kappa shape index (κ2) is 8.02. The number of imidazole rings is 1. The van der Waals surface area contributed by atoms with Crippen molar-refractivity contribution in [3.8, 4) is 0 Å². The number of aromatic amines is 1. The minimum Gasteiger partial charge on any atom is -0.387 e. The number of rotatable bonds is 5. The number of ether oxygens (including phenoxy) is 2. The van der Waals surface area contributed by atoms with Crippen LogP contribution in [0, 0.1) is 0 Å². The van der Waals surface area contributed by atoms with Crippen LogP contribution >= 0.6 is 19.3 Å². The van der Waals surface area contributed by atoms with Gasteiger partial charge in [-0.25, -0.2) is 19.2 Å². The summed E-state index contributed by atoms with van der Waals surface area (Å²) in [5.41, 5.74) is -0.539. The minimum absolute atomic E-state index is 0.0534. The van der Waals surface area contributed by atoms with Gasteiger partial charge in [-0.2, -0.15) is 0 Å². The van der Waals surface area contributed by atoms with E-state index in [2.05, 4.69) is 15.0 Å². The molecule has 4 heterocycles.